The van der Waals surface area contributed by atoms with Crippen LogP contribution in [0.1, 0.15) is 10.4 Å². The summed E-state index contributed by atoms with van der Waals surface area (Å²) in [5.74, 6) is 1.10. The van der Waals surface area contributed by atoms with Crippen LogP contribution in [0.25, 0.3) is 21.9 Å². The number of nitrogens with zero attached hydrogens (tertiary/aromatic N) is 5. The van der Waals surface area contributed by atoms with Crippen molar-refractivity contribution in [2.75, 3.05) is 49.2 Å². The molecule has 0 unspecified atom stereocenters. The minimum Gasteiger partial charge on any atom is -0.397 e. The molecule has 33 heavy (non-hydrogen) atoms. The van der Waals surface area contributed by atoms with E-state index in [0.29, 0.717) is 17.1 Å². The van der Waals surface area contributed by atoms with Crippen LogP contribution in [-0.2, 0) is 0 Å². The number of nitrogen functional groups attached to an aromatic ring is 1. The first-order valence-electron chi connectivity index (χ1n) is 10.9. The number of likely N-dealkylation sites (N-methyl/N-ethyl adjacent to an activating group) is 1. The van der Waals surface area contributed by atoms with E-state index in [0.717, 1.165) is 53.9 Å². The number of hydrogen-bond acceptors (Lipinski definition) is 7. The molecule has 1 amide bonds. The second-order valence-electron chi connectivity index (χ2n) is 8.29. The summed E-state index contributed by atoms with van der Waals surface area (Å²) in [5.41, 5.74) is 8.98. The van der Waals surface area contributed by atoms with Gasteiger partial charge in [-0.25, -0.2) is 9.97 Å². The Morgan fingerprint density at radius 3 is 2.58 bits per heavy atom. The van der Waals surface area contributed by atoms with Gasteiger partial charge in [-0.2, -0.15) is 0 Å². The van der Waals surface area contributed by atoms with Crippen LogP contribution in [0.2, 0.25) is 0 Å². The molecule has 0 aliphatic carbocycles. The first-order chi connectivity index (χ1) is 16.0. The van der Waals surface area contributed by atoms with Crippen molar-refractivity contribution < 1.29 is 4.79 Å². The third-order valence-electron chi connectivity index (χ3n) is 5.89. The molecule has 1 aromatic carbocycles. The van der Waals surface area contributed by atoms with Gasteiger partial charge in [0.1, 0.15) is 11.6 Å². The monoisotopic (exact) mass is 439 g/mol. The molecule has 1 aliphatic rings. The van der Waals surface area contributed by atoms with Gasteiger partial charge in [0, 0.05) is 67.5 Å². The lowest BCUT2D eigenvalue weighted by Gasteiger charge is -2.33. The van der Waals surface area contributed by atoms with Gasteiger partial charge in [0.25, 0.3) is 5.91 Å². The van der Waals surface area contributed by atoms with E-state index >= 15 is 0 Å². The van der Waals surface area contributed by atoms with Crippen LogP contribution < -0.4 is 16.0 Å². The molecule has 8 heteroatoms. The number of benzene rings is 1. The number of rotatable bonds is 4. The fraction of sp³-hybridized carbons (Fsp3) is 0.200. The summed E-state index contributed by atoms with van der Waals surface area (Å²) in [6, 6.07) is 13.4. The minimum atomic E-state index is -0.212. The van der Waals surface area contributed by atoms with E-state index in [1.54, 1.807) is 30.9 Å². The standard InChI is InChI=1S/C25H25N7O/c1-31-6-8-32(9-7-31)24-13-18(4-5-28-24)25(33)30-23-12-20-10-17(2-3-19(20)15-29-23)21-11-22(26)16-27-14-21/h2-5,10-16H,6-9,26H2,1H3,(H,29,30,33). The number of anilines is 3. The average molecular weight is 440 g/mol. The third kappa shape index (κ3) is 4.61. The molecule has 0 atom stereocenters. The maximum Gasteiger partial charge on any atom is 0.257 e. The number of amides is 1. The maximum absolute atomic E-state index is 12.9. The van der Waals surface area contributed by atoms with Gasteiger partial charge in [0.2, 0.25) is 0 Å². The molecule has 8 nitrogen and oxygen atoms in total. The highest BCUT2D eigenvalue weighted by Crippen LogP contribution is 2.26. The van der Waals surface area contributed by atoms with Crippen LogP contribution in [0.5, 0.6) is 0 Å². The van der Waals surface area contributed by atoms with Crippen molar-refractivity contribution in [3.8, 4) is 11.1 Å². The Kier molecular flexibility index (Phi) is 5.58. The van der Waals surface area contributed by atoms with Crippen molar-refractivity contribution in [2.24, 2.45) is 0 Å². The predicted molar refractivity (Wildman–Crippen MR) is 131 cm³/mol. The van der Waals surface area contributed by atoms with E-state index in [1.807, 2.05) is 36.4 Å². The molecule has 0 spiro atoms. The maximum atomic E-state index is 12.9. The number of hydrogen-bond donors (Lipinski definition) is 2. The largest absolute Gasteiger partial charge is 0.397 e. The summed E-state index contributed by atoms with van der Waals surface area (Å²) in [5, 5.41) is 4.87. The summed E-state index contributed by atoms with van der Waals surface area (Å²) >= 11 is 0. The lowest BCUT2D eigenvalue weighted by Crippen LogP contribution is -2.44. The Bertz CT molecular complexity index is 1320. The van der Waals surface area contributed by atoms with Crippen LogP contribution in [0, 0.1) is 0 Å². The van der Waals surface area contributed by atoms with E-state index in [1.165, 1.54) is 0 Å². The van der Waals surface area contributed by atoms with Crippen molar-refractivity contribution in [3.05, 3.63) is 72.8 Å². The molecular weight excluding hydrogens is 414 g/mol. The fourth-order valence-electron chi connectivity index (χ4n) is 3.96. The lowest BCUT2D eigenvalue weighted by atomic mass is 10.0. The topological polar surface area (TPSA) is 100 Å². The number of carbonyl (C=O) groups is 1. The molecule has 1 saturated heterocycles. The number of piperazine rings is 1. The minimum absolute atomic E-state index is 0.212. The predicted octanol–water partition coefficient (Wildman–Crippen LogP) is 3.28. The molecule has 0 saturated carbocycles. The highest BCUT2D eigenvalue weighted by molar-refractivity contribution is 6.05. The van der Waals surface area contributed by atoms with E-state index in [9.17, 15) is 4.79 Å². The highest BCUT2D eigenvalue weighted by Gasteiger charge is 2.17. The van der Waals surface area contributed by atoms with Crippen molar-refractivity contribution in [1.29, 1.82) is 0 Å². The number of pyridine rings is 3. The van der Waals surface area contributed by atoms with E-state index in [4.69, 9.17) is 5.73 Å². The van der Waals surface area contributed by atoms with Gasteiger partial charge >= 0.3 is 0 Å². The highest BCUT2D eigenvalue weighted by atomic mass is 16.1. The zero-order chi connectivity index (χ0) is 22.8. The smallest absolute Gasteiger partial charge is 0.257 e. The number of nitrogens with one attached hydrogen (secondary N) is 1. The zero-order valence-electron chi connectivity index (χ0n) is 18.4. The Morgan fingerprint density at radius 1 is 0.909 bits per heavy atom. The Labute approximate surface area is 192 Å². The van der Waals surface area contributed by atoms with Crippen molar-refractivity contribution in [2.45, 2.75) is 0 Å². The molecule has 166 valence electrons. The number of carbonyl (C=O) groups excluding carboxylic acids is 1. The molecular formula is C25H25N7O. The lowest BCUT2D eigenvalue weighted by molar-refractivity contribution is 0.102. The second kappa shape index (κ2) is 8.84. The summed E-state index contributed by atoms with van der Waals surface area (Å²) < 4.78 is 0. The first kappa shape index (κ1) is 20.8. The molecule has 4 aromatic rings. The van der Waals surface area contributed by atoms with Gasteiger partial charge in [-0.1, -0.05) is 12.1 Å². The van der Waals surface area contributed by atoms with Crippen LogP contribution in [-0.4, -0.2) is 59.0 Å². The van der Waals surface area contributed by atoms with Crippen LogP contribution in [0.3, 0.4) is 0 Å². The van der Waals surface area contributed by atoms with Crippen molar-refractivity contribution >= 4 is 34.0 Å². The summed E-state index contributed by atoms with van der Waals surface area (Å²) in [4.78, 5) is 30.5. The number of aromatic nitrogens is 3. The first-order valence-corrected chi connectivity index (χ1v) is 10.9. The summed E-state index contributed by atoms with van der Waals surface area (Å²) in [7, 11) is 2.11. The molecule has 0 bridgehead atoms. The van der Waals surface area contributed by atoms with Gasteiger partial charge in [-0.3, -0.25) is 9.78 Å². The molecule has 1 aliphatic heterocycles. The Morgan fingerprint density at radius 2 is 1.76 bits per heavy atom. The van der Waals surface area contributed by atoms with Crippen molar-refractivity contribution in [1.82, 2.24) is 19.9 Å². The van der Waals surface area contributed by atoms with Gasteiger partial charge in [-0.15, -0.1) is 0 Å². The van der Waals surface area contributed by atoms with Gasteiger partial charge in [0.15, 0.2) is 0 Å². The fourth-order valence-corrected chi connectivity index (χ4v) is 3.96. The van der Waals surface area contributed by atoms with E-state index in [2.05, 4.69) is 37.1 Å². The van der Waals surface area contributed by atoms with Gasteiger partial charge in [0.05, 0.1) is 5.69 Å². The molecule has 3 aromatic heterocycles. The van der Waals surface area contributed by atoms with Crippen molar-refractivity contribution in [3.63, 3.8) is 0 Å². The number of fused-ring (bicyclic) bond motifs is 1. The van der Waals surface area contributed by atoms with Crippen LogP contribution in [0.4, 0.5) is 17.3 Å². The third-order valence-corrected chi connectivity index (χ3v) is 5.89. The zero-order valence-corrected chi connectivity index (χ0v) is 18.4. The second-order valence-corrected chi connectivity index (χ2v) is 8.29. The molecule has 0 radical (unpaired) electrons. The van der Waals surface area contributed by atoms with Crippen LogP contribution in [0.15, 0.2) is 67.3 Å². The molecule has 3 N–H and O–H groups in total. The quantitative estimate of drug-likeness (QED) is 0.503. The van der Waals surface area contributed by atoms with Crippen LogP contribution >= 0.6 is 0 Å². The average Bonchev–Trinajstić information content (AvgIpc) is 2.84. The Balaban J connectivity index is 1.36. The number of nitrogens with two attached hydrogens (primary N) is 1. The molecule has 4 heterocycles. The van der Waals surface area contributed by atoms with E-state index in [-0.39, 0.29) is 5.91 Å². The molecule has 1 fully saturated rings. The van der Waals surface area contributed by atoms with Gasteiger partial charge in [-0.05, 0) is 48.3 Å². The Hall–Kier alpha value is -4.04. The van der Waals surface area contributed by atoms with E-state index < -0.39 is 0 Å². The SMILES string of the molecule is CN1CCN(c2cc(C(=O)Nc3cc4cc(-c5cncc(N)c5)ccc4cn3)ccn2)CC1. The molecule has 5 rings (SSSR count). The van der Waals surface area contributed by atoms with Gasteiger partial charge < -0.3 is 20.9 Å². The summed E-state index contributed by atoms with van der Waals surface area (Å²) in [6.45, 7) is 3.75. The summed E-state index contributed by atoms with van der Waals surface area (Å²) in [6.07, 6.45) is 6.84. The normalized spacial score (nSPS) is 14.4.